The number of anilines is 1. The molecule has 96 valence electrons. The summed E-state index contributed by atoms with van der Waals surface area (Å²) in [5.41, 5.74) is 0.529. The smallest absolute Gasteiger partial charge is 0.240 e. The molecule has 0 saturated carbocycles. The molecule has 0 aliphatic carbocycles. The van der Waals surface area contributed by atoms with Gasteiger partial charge in [0.15, 0.2) is 5.78 Å². The lowest BCUT2D eigenvalue weighted by Crippen LogP contribution is -2.24. The Balaban J connectivity index is 2.29. The molecular weight excluding hydrogens is 256 g/mol. The highest BCUT2D eigenvalue weighted by atomic mass is 32.2. The van der Waals surface area contributed by atoms with Gasteiger partial charge in [0.1, 0.15) is 0 Å². The molecule has 0 unspecified atom stereocenters. The van der Waals surface area contributed by atoms with E-state index >= 15 is 0 Å². The normalized spacial score (nSPS) is 16.4. The van der Waals surface area contributed by atoms with Crippen LogP contribution < -0.4 is 9.62 Å². The Kier molecular flexibility index (Phi) is 3.18. The Morgan fingerprint density at radius 3 is 2.22 bits per heavy atom. The zero-order chi connectivity index (χ0) is 13.3. The van der Waals surface area contributed by atoms with Crippen LogP contribution in [0.2, 0.25) is 0 Å². The molecule has 1 aromatic rings. The van der Waals surface area contributed by atoms with Gasteiger partial charge < -0.3 is 4.90 Å². The summed E-state index contributed by atoms with van der Waals surface area (Å²) >= 11 is 0. The molecule has 1 aromatic carbocycles. The molecule has 0 spiro atoms. The highest BCUT2D eigenvalue weighted by Crippen LogP contribution is 2.21. The molecule has 1 aliphatic heterocycles. The predicted molar refractivity (Wildman–Crippen MR) is 64.7 cm³/mol. The van der Waals surface area contributed by atoms with E-state index in [-0.39, 0.29) is 29.6 Å². The van der Waals surface area contributed by atoms with Gasteiger partial charge in [-0.25, -0.2) is 13.1 Å². The summed E-state index contributed by atoms with van der Waals surface area (Å²) in [6, 6.07) is 5.83. The van der Waals surface area contributed by atoms with Crippen molar-refractivity contribution in [2.24, 2.45) is 0 Å². The molecule has 0 bridgehead atoms. The van der Waals surface area contributed by atoms with Gasteiger partial charge >= 0.3 is 0 Å². The van der Waals surface area contributed by atoms with E-state index in [0.29, 0.717) is 5.69 Å². The van der Waals surface area contributed by atoms with Crippen molar-refractivity contribution in [2.45, 2.75) is 11.3 Å². The third-order valence-electron chi connectivity index (χ3n) is 2.71. The molecule has 6 nitrogen and oxygen atoms in total. The van der Waals surface area contributed by atoms with Gasteiger partial charge in [-0.3, -0.25) is 9.59 Å². The lowest BCUT2D eigenvalue weighted by atomic mass is 10.3. The van der Waals surface area contributed by atoms with Gasteiger partial charge in [0, 0.05) is 5.69 Å². The van der Waals surface area contributed by atoms with Crippen molar-refractivity contribution in [3.63, 3.8) is 0 Å². The van der Waals surface area contributed by atoms with Crippen molar-refractivity contribution in [2.75, 3.05) is 18.5 Å². The Hall–Kier alpha value is -1.73. The van der Waals surface area contributed by atoms with E-state index in [9.17, 15) is 18.0 Å². The van der Waals surface area contributed by atoms with E-state index < -0.39 is 10.0 Å². The van der Waals surface area contributed by atoms with E-state index in [0.717, 1.165) is 0 Å². The fourth-order valence-corrected chi connectivity index (χ4v) is 2.47. The van der Waals surface area contributed by atoms with E-state index in [1.54, 1.807) is 0 Å². The summed E-state index contributed by atoms with van der Waals surface area (Å²) in [5, 5.41) is 0. The summed E-state index contributed by atoms with van der Waals surface area (Å²) < 4.78 is 25.2. The van der Waals surface area contributed by atoms with Crippen molar-refractivity contribution in [1.29, 1.82) is 0 Å². The summed E-state index contributed by atoms with van der Waals surface area (Å²) in [4.78, 5) is 24.1. The first kappa shape index (κ1) is 12.7. The minimum atomic E-state index is -3.48. The molecule has 2 rings (SSSR count). The maximum absolute atomic E-state index is 11.5. The van der Waals surface area contributed by atoms with Crippen LogP contribution in [0.5, 0.6) is 0 Å². The number of benzene rings is 1. The SMILES string of the molecule is CNS(=O)(=O)c1ccc(N2CC(=O)CC2=O)cc1. The molecule has 1 amide bonds. The number of Topliss-reactive ketones (excluding diaryl/α,β-unsaturated/α-hetero) is 1. The number of amides is 1. The highest BCUT2D eigenvalue weighted by Gasteiger charge is 2.28. The molecule has 18 heavy (non-hydrogen) atoms. The summed E-state index contributed by atoms with van der Waals surface area (Å²) in [6.07, 6.45) is -0.0867. The van der Waals surface area contributed by atoms with E-state index in [4.69, 9.17) is 0 Å². The molecule has 1 heterocycles. The monoisotopic (exact) mass is 268 g/mol. The largest absolute Gasteiger partial charge is 0.305 e. The van der Waals surface area contributed by atoms with Crippen molar-refractivity contribution < 1.29 is 18.0 Å². The second kappa shape index (κ2) is 4.51. The molecule has 1 aliphatic rings. The maximum atomic E-state index is 11.5. The molecule has 7 heteroatoms. The summed E-state index contributed by atoms with van der Waals surface area (Å²) in [5.74, 6) is -0.392. The van der Waals surface area contributed by atoms with Gasteiger partial charge in [0.2, 0.25) is 15.9 Å². The molecule has 1 saturated heterocycles. The quantitative estimate of drug-likeness (QED) is 0.776. The highest BCUT2D eigenvalue weighted by molar-refractivity contribution is 7.89. The molecule has 0 aromatic heterocycles. The van der Waals surface area contributed by atoms with Crippen LogP contribution >= 0.6 is 0 Å². The number of hydrogen-bond donors (Lipinski definition) is 1. The third kappa shape index (κ3) is 2.27. The van der Waals surface area contributed by atoms with Crippen molar-refractivity contribution in [1.82, 2.24) is 4.72 Å². The zero-order valence-corrected chi connectivity index (χ0v) is 10.5. The summed E-state index contributed by atoms with van der Waals surface area (Å²) in [6.45, 7) is 0.0525. The molecular formula is C11H12N2O4S. The van der Waals surface area contributed by atoms with Crippen LogP contribution in [0, 0.1) is 0 Å². The van der Waals surface area contributed by atoms with Gasteiger partial charge in [-0.15, -0.1) is 0 Å². The van der Waals surface area contributed by atoms with Gasteiger partial charge in [-0.1, -0.05) is 0 Å². The fourth-order valence-electron chi connectivity index (χ4n) is 1.74. The van der Waals surface area contributed by atoms with Crippen LogP contribution in [-0.2, 0) is 19.6 Å². The van der Waals surface area contributed by atoms with Gasteiger partial charge in [-0.2, -0.15) is 0 Å². The lowest BCUT2D eigenvalue weighted by molar-refractivity contribution is -0.121. The topological polar surface area (TPSA) is 83.6 Å². The predicted octanol–water partition coefficient (Wildman–Crippen LogP) is -0.0995. The number of ketones is 1. The van der Waals surface area contributed by atoms with Crippen LogP contribution in [0.3, 0.4) is 0 Å². The van der Waals surface area contributed by atoms with Crippen molar-refractivity contribution in [3.05, 3.63) is 24.3 Å². The maximum Gasteiger partial charge on any atom is 0.240 e. The molecule has 0 atom stereocenters. The molecule has 0 radical (unpaired) electrons. The average molecular weight is 268 g/mol. The minimum absolute atomic E-state index is 0.0525. The van der Waals surface area contributed by atoms with Crippen LogP contribution in [0.25, 0.3) is 0 Å². The zero-order valence-electron chi connectivity index (χ0n) is 9.71. The second-order valence-electron chi connectivity index (χ2n) is 3.90. The lowest BCUT2D eigenvalue weighted by Gasteiger charge is -2.14. The number of nitrogens with zero attached hydrogens (tertiary/aromatic N) is 1. The van der Waals surface area contributed by atoms with E-state index in [1.165, 1.54) is 36.2 Å². The Morgan fingerprint density at radius 2 is 1.78 bits per heavy atom. The van der Waals surface area contributed by atoms with Crippen LogP contribution in [0.1, 0.15) is 6.42 Å². The Labute approximate surface area is 105 Å². The van der Waals surface area contributed by atoms with Crippen LogP contribution in [0.4, 0.5) is 5.69 Å². The third-order valence-corrected chi connectivity index (χ3v) is 4.14. The standard InChI is InChI=1S/C11H12N2O4S/c1-12-18(16,17)10-4-2-8(3-5-10)13-7-9(14)6-11(13)15/h2-5,12H,6-7H2,1H3. The Morgan fingerprint density at radius 1 is 1.17 bits per heavy atom. The first-order chi connectivity index (χ1) is 8.44. The van der Waals surface area contributed by atoms with Gasteiger partial charge in [0.25, 0.3) is 0 Å². The Bertz CT molecular complexity index is 592. The van der Waals surface area contributed by atoms with Crippen molar-refractivity contribution in [3.8, 4) is 0 Å². The number of nitrogens with one attached hydrogen (secondary N) is 1. The second-order valence-corrected chi connectivity index (χ2v) is 5.78. The average Bonchev–Trinajstić information content (AvgIpc) is 2.69. The number of hydrogen-bond acceptors (Lipinski definition) is 4. The number of carbonyl (C=O) groups is 2. The van der Waals surface area contributed by atoms with E-state index in [2.05, 4.69) is 4.72 Å². The number of sulfonamides is 1. The van der Waals surface area contributed by atoms with E-state index in [1.807, 2.05) is 0 Å². The van der Waals surface area contributed by atoms with Crippen molar-refractivity contribution >= 4 is 27.4 Å². The minimum Gasteiger partial charge on any atom is -0.305 e. The number of carbonyl (C=O) groups excluding carboxylic acids is 2. The first-order valence-electron chi connectivity index (χ1n) is 5.30. The van der Waals surface area contributed by atoms with Crippen LogP contribution in [0.15, 0.2) is 29.2 Å². The summed E-state index contributed by atoms with van der Waals surface area (Å²) in [7, 11) is -2.16. The first-order valence-corrected chi connectivity index (χ1v) is 6.78. The van der Waals surface area contributed by atoms with Gasteiger partial charge in [-0.05, 0) is 31.3 Å². The van der Waals surface area contributed by atoms with Gasteiger partial charge in [0.05, 0.1) is 17.9 Å². The number of rotatable bonds is 3. The fraction of sp³-hybridized carbons (Fsp3) is 0.273. The molecule has 1 fully saturated rings. The molecule has 1 N–H and O–H groups in total. The van der Waals surface area contributed by atoms with Crippen LogP contribution in [-0.4, -0.2) is 33.7 Å².